The largest absolute Gasteiger partial charge is 0.345 e. The number of aromatic nitrogens is 2. The molecule has 0 fully saturated rings. The van der Waals surface area contributed by atoms with Gasteiger partial charge in [-0.15, -0.1) is 0 Å². The van der Waals surface area contributed by atoms with Crippen LogP contribution in [0.25, 0.3) is 22.4 Å². The Hall–Kier alpha value is -2.30. The van der Waals surface area contributed by atoms with Gasteiger partial charge in [0.1, 0.15) is 5.69 Å². The highest BCUT2D eigenvalue weighted by Gasteiger charge is 2.39. The van der Waals surface area contributed by atoms with Gasteiger partial charge in [0.25, 0.3) is 0 Å². The molecule has 0 N–H and O–H groups in total. The second-order valence-corrected chi connectivity index (χ2v) is 8.45. The van der Waals surface area contributed by atoms with Gasteiger partial charge in [-0.1, -0.05) is 53.5 Å². The molecule has 0 aliphatic carbocycles. The normalized spacial score (nSPS) is 14.0. The molecular formula is C21H19Cl2N3O. The Morgan fingerprint density at radius 1 is 1.00 bits per heavy atom. The Bertz CT molecular complexity index is 1030. The van der Waals surface area contributed by atoms with E-state index in [1.807, 2.05) is 74.2 Å². The molecule has 0 saturated heterocycles. The standard InChI is InChI=1S/C21H19Cl2N3O/c1-21(2,3)25-12-17-18(13-8-10-14(22)11-9-13)19(24-26(17)20(25)27)15-6-4-5-7-16(15)23/h4-11H,12H2,1-3H3. The molecular weight excluding hydrogens is 381 g/mol. The van der Waals surface area contributed by atoms with Crippen LogP contribution in [-0.2, 0) is 6.54 Å². The number of hydrogen-bond donors (Lipinski definition) is 0. The highest BCUT2D eigenvalue weighted by molar-refractivity contribution is 6.33. The van der Waals surface area contributed by atoms with Crippen LogP contribution in [0.15, 0.2) is 48.5 Å². The minimum absolute atomic E-state index is 0.119. The number of amides is 1. The van der Waals surface area contributed by atoms with Crippen molar-refractivity contribution in [3.8, 4) is 22.4 Å². The summed E-state index contributed by atoms with van der Waals surface area (Å²) in [6, 6.07) is 15.0. The topological polar surface area (TPSA) is 38.1 Å². The van der Waals surface area contributed by atoms with Crippen molar-refractivity contribution in [2.75, 3.05) is 0 Å². The second-order valence-electron chi connectivity index (χ2n) is 7.61. The summed E-state index contributed by atoms with van der Waals surface area (Å²) in [6.07, 6.45) is 0. The van der Waals surface area contributed by atoms with Gasteiger partial charge in [-0.2, -0.15) is 9.78 Å². The Labute approximate surface area is 168 Å². The van der Waals surface area contributed by atoms with Gasteiger partial charge in [0, 0.05) is 21.7 Å². The summed E-state index contributed by atoms with van der Waals surface area (Å²) in [5.74, 6) is 0. The highest BCUT2D eigenvalue weighted by atomic mass is 35.5. The number of nitrogens with zero attached hydrogens (tertiary/aromatic N) is 3. The van der Waals surface area contributed by atoms with Crippen LogP contribution in [0, 0.1) is 0 Å². The molecule has 0 atom stereocenters. The van der Waals surface area contributed by atoms with Crippen LogP contribution in [0.2, 0.25) is 10.0 Å². The van der Waals surface area contributed by atoms with Gasteiger partial charge in [-0.3, -0.25) is 0 Å². The first kappa shape index (κ1) is 18.1. The molecule has 0 radical (unpaired) electrons. The molecule has 138 valence electrons. The Morgan fingerprint density at radius 2 is 1.67 bits per heavy atom. The molecule has 4 rings (SSSR count). The average Bonchev–Trinajstić information content (AvgIpc) is 3.13. The van der Waals surface area contributed by atoms with Crippen molar-refractivity contribution in [3.05, 3.63) is 64.3 Å². The summed E-state index contributed by atoms with van der Waals surface area (Å²) in [6.45, 7) is 6.56. The van der Waals surface area contributed by atoms with E-state index in [4.69, 9.17) is 23.2 Å². The highest BCUT2D eigenvalue weighted by Crippen LogP contribution is 2.41. The summed E-state index contributed by atoms with van der Waals surface area (Å²) in [4.78, 5) is 14.8. The van der Waals surface area contributed by atoms with Gasteiger partial charge in [0.2, 0.25) is 0 Å². The van der Waals surface area contributed by atoms with E-state index in [0.29, 0.717) is 22.3 Å². The number of benzene rings is 2. The maximum absolute atomic E-state index is 13.0. The van der Waals surface area contributed by atoms with Gasteiger partial charge >= 0.3 is 6.03 Å². The van der Waals surface area contributed by atoms with Crippen molar-refractivity contribution < 1.29 is 4.79 Å². The molecule has 2 aromatic carbocycles. The lowest BCUT2D eigenvalue weighted by Gasteiger charge is -2.30. The van der Waals surface area contributed by atoms with Crippen LogP contribution < -0.4 is 0 Å². The summed E-state index contributed by atoms with van der Waals surface area (Å²) in [5, 5.41) is 5.94. The fourth-order valence-corrected chi connectivity index (χ4v) is 3.73. The number of halogens is 2. The zero-order valence-corrected chi connectivity index (χ0v) is 16.8. The molecule has 0 spiro atoms. The molecule has 2 heterocycles. The molecule has 1 amide bonds. The minimum atomic E-state index is -0.292. The molecule has 27 heavy (non-hydrogen) atoms. The van der Waals surface area contributed by atoms with E-state index in [1.165, 1.54) is 4.68 Å². The lowest BCUT2D eigenvalue weighted by Crippen LogP contribution is -2.42. The zero-order valence-electron chi connectivity index (χ0n) is 15.3. The molecule has 1 aromatic heterocycles. The molecule has 1 aliphatic rings. The third-order valence-corrected chi connectivity index (χ3v) is 5.35. The fraction of sp³-hybridized carbons (Fsp3) is 0.238. The molecule has 0 saturated carbocycles. The maximum Gasteiger partial charge on any atom is 0.345 e. The van der Waals surface area contributed by atoms with E-state index in [2.05, 4.69) is 5.10 Å². The number of fused-ring (bicyclic) bond motifs is 1. The van der Waals surface area contributed by atoms with Crippen LogP contribution in [0.4, 0.5) is 4.79 Å². The van der Waals surface area contributed by atoms with Crippen molar-refractivity contribution in [3.63, 3.8) is 0 Å². The van der Waals surface area contributed by atoms with E-state index >= 15 is 0 Å². The van der Waals surface area contributed by atoms with Crippen LogP contribution in [0.5, 0.6) is 0 Å². The summed E-state index contributed by atoms with van der Waals surface area (Å²) < 4.78 is 1.51. The quantitative estimate of drug-likeness (QED) is 0.521. The van der Waals surface area contributed by atoms with Gasteiger partial charge in [0.15, 0.2) is 0 Å². The fourth-order valence-electron chi connectivity index (χ4n) is 3.37. The molecule has 4 nitrogen and oxygen atoms in total. The Morgan fingerprint density at radius 3 is 2.30 bits per heavy atom. The number of carbonyl (C=O) groups excluding carboxylic acids is 1. The van der Waals surface area contributed by atoms with Gasteiger partial charge < -0.3 is 4.90 Å². The number of carbonyl (C=O) groups is 1. The van der Waals surface area contributed by atoms with Crippen molar-refractivity contribution in [1.82, 2.24) is 14.7 Å². The van der Waals surface area contributed by atoms with E-state index in [-0.39, 0.29) is 11.6 Å². The van der Waals surface area contributed by atoms with E-state index in [1.54, 1.807) is 0 Å². The molecule has 0 unspecified atom stereocenters. The third kappa shape index (κ3) is 3.03. The first-order valence-electron chi connectivity index (χ1n) is 8.72. The second kappa shape index (κ2) is 6.39. The third-order valence-electron chi connectivity index (χ3n) is 4.77. The summed E-state index contributed by atoms with van der Waals surface area (Å²) >= 11 is 12.5. The van der Waals surface area contributed by atoms with Crippen LogP contribution in [0.3, 0.4) is 0 Å². The lowest BCUT2D eigenvalue weighted by atomic mass is 9.98. The van der Waals surface area contributed by atoms with E-state index < -0.39 is 0 Å². The average molecular weight is 400 g/mol. The minimum Gasteiger partial charge on any atom is -0.312 e. The molecule has 0 bridgehead atoms. The summed E-state index contributed by atoms with van der Waals surface area (Å²) in [7, 11) is 0. The maximum atomic E-state index is 13.0. The van der Waals surface area contributed by atoms with E-state index in [0.717, 1.165) is 22.4 Å². The van der Waals surface area contributed by atoms with Crippen molar-refractivity contribution >= 4 is 29.2 Å². The van der Waals surface area contributed by atoms with Crippen molar-refractivity contribution in [1.29, 1.82) is 0 Å². The first-order valence-corrected chi connectivity index (χ1v) is 9.47. The monoisotopic (exact) mass is 399 g/mol. The lowest BCUT2D eigenvalue weighted by molar-refractivity contribution is 0.155. The van der Waals surface area contributed by atoms with Gasteiger partial charge in [0.05, 0.1) is 17.3 Å². The van der Waals surface area contributed by atoms with Crippen molar-refractivity contribution in [2.24, 2.45) is 0 Å². The van der Waals surface area contributed by atoms with Crippen molar-refractivity contribution in [2.45, 2.75) is 32.9 Å². The van der Waals surface area contributed by atoms with Crippen LogP contribution in [0.1, 0.15) is 26.5 Å². The number of rotatable bonds is 2. The predicted molar refractivity (Wildman–Crippen MR) is 109 cm³/mol. The van der Waals surface area contributed by atoms with Gasteiger partial charge in [-0.05, 0) is 44.5 Å². The predicted octanol–water partition coefficient (Wildman–Crippen LogP) is 6.11. The van der Waals surface area contributed by atoms with E-state index in [9.17, 15) is 4.79 Å². The number of hydrogen-bond acceptors (Lipinski definition) is 2. The molecule has 6 heteroatoms. The molecule has 3 aromatic rings. The Balaban J connectivity index is 1.95. The SMILES string of the molecule is CC(C)(C)N1Cc2c(-c3ccc(Cl)cc3)c(-c3ccccc3Cl)nn2C1=O. The zero-order chi connectivity index (χ0) is 19.3. The molecule has 1 aliphatic heterocycles. The van der Waals surface area contributed by atoms with Crippen LogP contribution in [-0.4, -0.2) is 26.3 Å². The smallest absolute Gasteiger partial charge is 0.312 e. The Kier molecular flexibility index (Phi) is 4.28. The van der Waals surface area contributed by atoms with Gasteiger partial charge in [-0.25, -0.2) is 4.79 Å². The van der Waals surface area contributed by atoms with Crippen LogP contribution >= 0.6 is 23.2 Å². The summed E-state index contributed by atoms with van der Waals surface area (Å²) in [5.41, 5.74) is 3.96. The first-order chi connectivity index (χ1) is 12.8.